The van der Waals surface area contributed by atoms with Gasteiger partial charge in [-0.25, -0.2) is 4.68 Å². The molecule has 150 valence electrons. The van der Waals surface area contributed by atoms with Crippen molar-refractivity contribution < 1.29 is 14.4 Å². The van der Waals surface area contributed by atoms with Crippen LogP contribution in [0.2, 0.25) is 0 Å². The Labute approximate surface area is 171 Å². The molecule has 0 atom stereocenters. The summed E-state index contributed by atoms with van der Waals surface area (Å²) in [6, 6.07) is 17.8. The lowest BCUT2D eigenvalue weighted by molar-refractivity contribution is -0.921. The van der Waals surface area contributed by atoms with Crippen molar-refractivity contribution in [1.82, 2.24) is 15.1 Å². The Kier molecular flexibility index (Phi) is 6.03. The highest BCUT2D eigenvalue weighted by molar-refractivity contribution is 5.94. The molecule has 0 saturated carbocycles. The zero-order chi connectivity index (χ0) is 20.1. The van der Waals surface area contributed by atoms with Gasteiger partial charge >= 0.3 is 0 Å². The highest BCUT2D eigenvalue weighted by atomic mass is 16.5. The molecular formula is C23H27N4O2+. The van der Waals surface area contributed by atoms with E-state index in [1.807, 2.05) is 48.0 Å². The van der Waals surface area contributed by atoms with Crippen molar-refractivity contribution in [3.05, 3.63) is 83.2 Å². The van der Waals surface area contributed by atoms with E-state index in [0.29, 0.717) is 12.1 Å². The molecule has 2 N–H and O–H groups in total. The summed E-state index contributed by atoms with van der Waals surface area (Å²) in [7, 11) is 0. The van der Waals surface area contributed by atoms with Gasteiger partial charge in [0, 0.05) is 29.6 Å². The average molecular weight is 391 g/mol. The minimum Gasteiger partial charge on any atom is -0.370 e. The van der Waals surface area contributed by atoms with E-state index in [2.05, 4.69) is 28.6 Å². The predicted octanol–water partition coefficient (Wildman–Crippen LogP) is 1.53. The number of ether oxygens (including phenoxy) is 1. The van der Waals surface area contributed by atoms with Crippen molar-refractivity contribution in [2.45, 2.75) is 20.0 Å². The Morgan fingerprint density at radius 2 is 1.79 bits per heavy atom. The third kappa shape index (κ3) is 4.72. The standard InChI is InChI=1S/C23H26N4O2/c1-18-10-11-25-27(18)22-8-6-19(7-9-22)23(28)24-16-20-4-2-3-5-21(20)17-26-12-14-29-15-13-26/h2-11H,12-17H2,1H3,(H,24,28)/p+1. The number of aromatic nitrogens is 2. The maximum atomic E-state index is 12.6. The predicted molar refractivity (Wildman–Crippen MR) is 111 cm³/mol. The van der Waals surface area contributed by atoms with Gasteiger partial charge in [0.15, 0.2) is 0 Å². The maximum Gasteiger partial charge on any atom is 0.251 e. The van der Waals surface area contributed by atoms with E-state index in [4.69, 9.17) is 4.74 Å². The number of hydrogen-bond acceptors (Lipinski definition) is 3. The second-order valence-electron chi connectivity index (χ2n) is 7.42. The number of nitrogens with one attached hydrogen (secondary N) is 2. The van der Waals surface area contributed by atoms with Crippen molar-refractivity contribution in [3.63, 3.8) is 0 Å². The van der Waals surface area contributed by atoms with Gasteiger partial charge in [-0.05, 0) is 42.8 Å². The summed E-state index contributed by atoms with van der Waals surface area (Å²) in [5.41, 5.74) is 5.11. The van der Waals surface area contributed by atoms with Crippen LogP contribution in [-0.2, 0) is 17.8 Å². The van der Waals surface area contributed by atoms with E-state index in [-0.39, 0.29) is 5.91 Å². The van der Waals surface area contributed by atoms with Gasteiger partial charge in [-0.1, -0.05) is 24.3 Å². The molecule has 1 aliphatic rings. The van der Waals surface area contributed by atoms with Gasteiger partial charge in [0.2, 0.25) is 0 Å². The van der Waals surface area contributed by atoms with E-state index >= 15 is 0 Å². The summed E-state index contributed by atoms with van der Waals surface area (Å²) in [6.45, 7) is 7.20. The smallest absolute Gasteiger partial charge is 0.251 e. The number of aryl methyl sites for hydroxylation is 1. The van der Waals surface area contributed by atoms with Crippen LogP contribution in [0.25, 0.3) is 5.69 Å². The fourth-order valence-electron chi connectivity index (χ4n) is 3.68. The molecule has 2 heterocycles. The first-order chi connectivity index (χ1) is 14.2. The summed E-state index contributed by atoms with van der Waals surface area (Å²) in [5, 5.41) is 7.36. The Bertz CT molecular complexity index is 959. The largest absolute Gasteiger partial charge is 0.370 e. The Morgan fingerprint density at radius 3 is 2.48 bits per heavy atom. The van der Waals surface area contributed by atoms with Crippen molar-refractivity contribution in [2.75, 3.05) is 26.3 Å². The van der Waals surface area contributed by atoms with Crippen LogP contribution in [0.1, 0.15) is 27.2 Å². The summed E-state index contributed by atoms with van der Waals surface area (Å²) in [6.07, 6.45) is 1.77. The lowest BCUT2D eigenvalue weighted by atomic mass is 10.1. The highest BCUT2D eigenvalue weighted by Crippen LogP contribution is 2.12. The molecule has 1 saturated heterocycles. The Morgan fingerprint density at radius 1 is 1.07 bits per heavy atom. The second kappa shape index (κ2) is 9.03. The number of benzene rings is 2. The quantitative estimate of drug-likeness (QED) is 0.670. The van der Waals surface area contributed by atoms with Crippen LogP contribution >= 0.6 is 0 Å². The van der Waals surface area contributed by atoms with Gasteiger partial charge in [0.25, 0.3) is 5.91 Å². The van der Waals surface area contributed by atoms with Crippen molar-refractivity contribution in [1.29, 1.82) is 0 Å². The van der Waals surface area contributed by atoms with E-state index in [9.17, 15) is 4.79 Å². The summed E-state index contributed by atoms with van der Waals surface area (Å²) in [5.74, 6) is -0.0674. The van der Waals surface area contributed by atoms with Crippen LogP contribution in [0.3, 0.4) is 0 Å². The summed E-state index contributed by atoms with van der Waals surface area (Å²) in [4.78, 5) is 14.2. The molecule has 29 heavy (non-hydrogen) atoms. The van der Waals surface area contributed by atoms with Crippen LogP contribution in [0, 0.1) is 6.92 Å². The zero-order valence-electron chi connectivity index (χ0n) is 16.7. The van der Waals surface area contributed by atoms with E-state index < -0.39 is 0 Å². The number of carbonyl (C=O) groups excluding carboxylic acids is 1. The van der Waals surface area contributed by atoms with Gasteiger partial charge in [0.05, 0.1) is 18.9 Å². The lowest BCUT2D eigenvalue weighted by Crippen LogP contribution is -3.12. The summed E-state index contributed by atoms with van der Waals surface area (Å²) < 4.78 is 7.30. The molecule has 6 heteroatoms. The number of amides is 1. The molecule has 0 bridgehead atoms. The average Bonchev–Trinajstić information content (AvgIpc) is 3.19. The number of nitrogens with zero attached hydrogens (tertiary/aromatic N) is 2. The lowest BCUT2D eigenvalue weighted by Gasteiger charge is -2.24. The molecule has 6 nitrogen and oxygen atoms in total. The SMILES string of the molecule is Cc1ccnn1-c1ccc(C(=O)NCc2ccccc2C[NH+]2CCOCC2)cc1. The molecule has 1 aliphatic heterocycles. The molecule has 0 aliphatic carbocycles. The monoisotopic (exact) mass is 391 g/mol. The third-order valence-corrected chi connectivity index (χ3v) is 5.40. The third-order valence-electron chi connectivity index (χ3n) is 5.40. The summed E-state index contributed by atoms with van der Waals surface area (Å²) >= 11 is 0. The number of morpholine rings is 1. The van der Waals surface area contributed by atoms with Crippen LogP contribution < -0.4 is 10.2 Å². The minimum absolute atomic E-state index is 0.0674. The van der Waals surface area contributed by atoms with Gasteiger partial charge in [-0.15, -0.1) is 0 Å². The molecular weight excluding hydrogens is 364 g/mol. The normalized spacial score (nSPS) is 14.7. The molecule has 1 aromatic heterocycles. The van der Waals surface area contributed by atoms with Gasteiger partial charge in [-0.3, -0.25) is 4.79 Å². The number of carbonyl (C=O) groups is 1. The fraction of sp³-hybridized carbons (Fsp3) is 0.304. The van der Waals surface area contributed by atoms with Crippen molar-refractivity contribution in [3.8, 4) is 5.69 Å². The number of hydrogen-bond donors (Lipinski definition) is 2. The molecule has 2 aromatic carbocycles. The maximum absolute atomic E-state index is 12.6. The second-order valence-corrected chi connectivity index (χ2v) is 7.42. The van der Waals surface area contributed by atoms with Crippen molar-refractivity contribution in [2.24, 2.45) is 0 Å². The minimum atomic E-state index is -0.0674. The molecule has 1 amide bonds. The Hall–Kier alpha value is -2.96. The Balaban J connectivity index is 1.39. The molecule has 0 radical (unpaired) electrons. The van der Waals surface area contributed by atoms with Gasteiger partial charge < -0.3 is 15.0 Å². The number of rotatable bonds is 6. The van der Waals surface area contributed by atoms with Gasteiger partial charge in [0.1, 0.15) is 19.6 Å². The zero-order valence-corrected chi connectivity index (χ0v) is 16.7. The molecule has 4 rings (SSSR count). The first kappa shape index (κ1) is 19.4. The highest BCUT2D eigenvalue weighted by Gasteiger charge is 2.16. The molecule has 0 spiro atoms. The molecule has 1 fully saturated rings. The van der Waals surface area contributed by atoms with Crippen LogP contribution in [-0.4, -0.2) is 42.0 Å². The van der Waals surface area contributed by atoms with Crippen LogP contribution in [0.15, 0.2) is 60.8 Å². The van der Waals surface area contributed by atoms with Crippen LogP contribution in [0.5, 0.6) is 0 Å². The molecule has 0 unspecified atom stereocenters. The topological polar surface area (TPSA) is 60.6 Å². The first-order valence-corrected chi connectivity index (χ1v) is 10.1. The first-order valence-electron chi connectivity index (χ1n) is 10.1. The van der Waals surface area contributed by atoms with Crippen LogP contribution in [0.4, 0.5) is 0 Å². The fourth-order valence-corrected chi connectivity index (χ4v) is 3.68. The van der Waals surface area contributed by atoms with E-state index in [1.165, 1.54) is 16.0 Å². The van der Waals surface area contributed by atoms with Crippen molar-refractivity contribution >= 4 is 5.91 Å². The van der Waals surface area contributed by atoms with E-state index in [1.54, 1.807) is 6.20 Å². The number of quaternary nitrogens is 1. The molecule has 3 aromatic rings. The van der Waals surface area contributed by atoms with Gasteiger partial charge in [-0.2, -0.15) is 5.10 Å². The van der Waals surface area contributed by atoms with E-state index in [0.717, 1.165) is 44.2 Å².